The van der Waals surface area contributed by atoms with Crippen LogP contribution in [0.3, 0.4) is 0 Å². The molecule has 0 aliphatic heterocycles. The van der Waals surface area contributed by atoms with E-state index in [1.165, 1.54) is 45.2 Å². The third-order valence-corrected chi connectivity index (χ3v) is 9.93. The second-order valence-corrected chi connectivity index (χ2v) is 12.2. The van der Waals surface area contributed by atoms with E-state index in [-0.39, 0.29) is 11.1 Å². The number of nitriles is 2. The van der Waals surface area contributed by atoms with Gasteiger partial charge in [-0.2, -0.15) is 10.5 Å². The fourth-order valence-electron chi connectivity index (χ4n) is 8.11. The summed E-state index contributed by atoms with van der Waals surface area (Å²) in [5.74, 6) is -0.992. The fourth-order valence-corrected chi connectivity index (χ4v) is 8.11. The molecule has 0 radical (unpaired) electrons. The van der Waals surface area contributed by atoms with Gasteiger partial charge in [-0.15, -0.1) is 0 Å². The van der Waals surface area contributed by atoms with E-state index in [0.717, 1.165) is 0 Å². The average molecular weight is 623 g/mol. The summed E-state index contributed by atoms with van der Waals surface area (Å²) in [5, 5.41) is 27.9. The van der Waals surface area contributed by atoms with Crippen molar-refractivity contribution < 1.29 is 8.78 Å². The van der Waals surface area contributed by atoms with Crippen molar-refractivity contribution >= 4 is 98.0 Å². The second kappa shape index (κ2) is 8.02. The largest absolute Gasteiger partial charge is 0.268 e. The van der Waals surface area contributed by atoms with Gasteiger partial charge in [0.1, 0.15) is 22.9 Å². The smallest absolute Gasteiger partial charge is 0.264 e. The second-order valence-electron chi connectivity index (χ2n) is 12.2. The molecule has 7 aromatic carbocycles. The molecule has 10 heteroatoms. The van der Waals surface area contributed by atoms with Crippen molar-refractivity contribution in [3.8, 4) is 12.1 Å². The van der Waals surface area contributed by atoms with Crippen LogP contribution in [0.2, 0.25) is 0 Å². The Morgan fingerprint density at radius 3 is 1.58 bits per heavy atom. The van der Waals surface area contributed by atoms with Crippen LogP contribution in [0.15, 0.2) is 82.4 Å². The van der Waals surface area contributed by atoms with E-state index < -0.39 is 11.6 Å². The van der Waals surface area contributed by atoms with Gasteiger partial charge >= 0.3 is 0 Å². The van der Waals surface area contributed by atoms with Gasteiger partial charge in [-0.1, -0.05) is 12.1 Å². The fraction of sp³-hybridized carbons (Fsp3) is 0. The molecule has 11 aromatic rings. The number of imidazole rings is 2. The van der Waals surface area contributed by atoms with Crippen LogP contribution in [0.4, 0.5) is 8.78 Å². The summed E-state index contributed by atoms with van der Waals surface area (Å²) in [6.45, 7) is 0. The van der Waals surface area contributed by atoms with Crippen LogP contribution in [-0.2, 0) is 0 Å². The van der Waals surface area contributed by atoms with Crippen molar-refractivity contribution in [3.05, 3.63) is 116 Å². The lowest BCUT2D eigenvalue weighted by atomic mass is 9.83. The normalized spacial score (nSPS) is 12.5. The van der Waals surface area contributed by atoms with E-state index in [9.17, 15) is 28.9 Å². The molecule has 0 amide bonds. The summed E-state index contributed by atoms with van der Waals surface area (Å²) in [6.07, 6.45) is 0. The summed E-state index contributed by atoms with van der Waals surface area (Å²) >= 11 is 0. The highest BCUT2D eigenvalue weighted by Gasteiger charge is 2.27. The first-order valence-electron chi connectivity index (χ1n) is 14.9. The minimum absolute atomic E-state index is 0.297. The molecule has 0 fully saturated rings. The molecule has 0 aliphatic carbocycles. The van der Waals surface area contributed by atoms with Gasteiger partial charge in [-0.05, 0) is 59.3 Å². The molecular formula is C38H12F2N6O2. The zero-order chi connectivity index (χ0) is 32.3. The van der Waals surface area contributed by atoms with E-state index in [2.05, 4.69) is 17.1 Å². The van der Waals surface area contributed by atoms with E-state index in [0.29, 0.717) is 109 Å². The minimum atomic E-state index is -0.506. The number of hydrogen-bond donors (Lipinski definition) is 0. The Bertz CT molecular complexity index is 3470. The molecular weight excluding hydrogens is 610 g/mol. The lowest BCUT2D eigenvalue weighted by Crippen LogP contribution is -2.14. The number of aromatic nitrogens is 4. The van der Waals surface area contributed by atoms with Crippen molar-refractivity contribution in [2.24, 2.45) is 0 Å². The quantitative estimate of drug-likeness (QED) is 0.130. The highest BCUT2D eigenvalue weighted by Crippen LogP contribution is 2.48. The summed E-state index contributed by atoms with van der Waals surface area (Å²) in [6, 6.07) is 23.2. The lowest BCUT2D eigenvalue weighted by Gasteiger charge is -2.20. The molecule has 48 heavy (non-hydrogen) atoms. The Hall–Kier alpha value is -7.04. The van der Waals surface area contributed by atoms with Crippen LogP contribution < -0.4 is 11.1 Å². The molecule has 0 bridgehead atoms. The molecule has 0 saturated carbocycles. The van der Waals surface area contributed by atoms with Gasteiger partial charge in [0, 0.05) is 66.0 Å². The van der Waals surface area contributed by atoms with Crippen LogP contribution in [0.5, 0.6) is 0 Å². The van der Waals surface area contributed by atoms with E-state index in [1.807, 2.05) is 0 Å². The number of halogens is 2. The first kappa shape index (κ1) is 25.2. The summed E-state index contributed by atoms with van der Waals surface area (Å²) in [7, 11) is 0. The zero-order valence-corrected chi connectivity index (χ0v) is 24.2. The molecule has 220 valence electrons. The Labute approximate surface area is 264 Å². The molecule has 4 heterocycles. The van der Waals surface area contributed by atoms with Gasteiger partial charge in [0.2, 0.25) is 0 Å². The van der Waals surface area contributed by atoms with Crippen LogP contribution in [-0.4, -0.2) is 18.8 Å². The Balaban J connectivity index is 1.45. The van der Waals surface area contributed by atoms with Crippen molar-refractivity contribution in [2.45, 2.75) is 0 Å². The van der Waals surface area contributed by atoms with Gasteiger partial charge < -0.3 is 0 Å². The van der Waals surface area contributed by atoms with Crippen molar-refractivity contribution in [3.63, 3.8) is 0 Å². The van der Waals surface area contributed by atoms with E-state index in [1.54, 1.807) is 36.4 Å². The number of benzene rings is 7. The van der Waals surface area contributed by atoms with Crippen LogP contribution in [0.1, 0.15) is 11.1 Å². The number of rotatable bonds is 0. The van der Waals surface area contributed by atoms with Crippen LogP contribution >= 0.6 is 0 Å². The van der Waals surface area contributed by atoms with E-state index in [4.69, 9.17) is 4.98 Å². The minimum Gasteiger partial charge on any atom is -0.268 e. The predicted molar refractivity (Wildman–Crippen MR) is 179 cm³/mol. The molecule has 0 atom stereocenters. The zero-order valence-electron chi connectivity index (χ0n) is 24.2. The number of pyridine rings is 2. The van der Waals surface area contributed by atoms with Crippen molar-refractivity contribution in [2.75, 3.05) is 0 Å². The summed E-state index contributed by atoms with van der Waals surface area (Å²) in [4.78, 5) is 37.6. The Kier molecular flexibility index (Phi) is 4.21. The van der Waals surface area contributed by atoms with Gasteiger partial charge in [-0.25, -0.2) is 18.7 Å². The average Bonchev–Trinajstić information content (AvgIpc) is 3.67. The lowest BCUT2D eigenvalue weighted by molar-refractivity contribution is 0.629. The molecule has 0 aliphatic rings. The van der Waals surface area contributed by atoms with Gasteiger partial charge in [0.25, 0.3) is 11.1 Å². The van der Waals surface area contributed by atoms with Gasteiger partial charge in [0.05, 0.1) is 45.3 Å². The number of nitrogens with zero attached hydrogens (tertiary/aromatic N) is 6. The molecule has 4 aromatic heterocycles. The van der Waals surface area contributed by atoms with Crippen molar-refractivity contribution in [1.29, 1.82) is 10.5 Å². The van der Waals surface area contributed by atoms with Crippen molar-refractivity contribution in [1.82, 2.24) is 18.8 Å². The number of hydrogen-bond acceptors (Lipinski definition) is 6. The van der Waals surface area contributed by atoms with Gasteiger partial charge in [0.15, 0.2) is 0 Å². The first-order chi connectivity index (χ1) is 23.4. The van der Waals surface area contributed by atoms with Gasteiger partial charge in [-0.3, -0.25) is 18.4 Å². The number of fused-ring (bicyclic) bond motifs is 10. The topological polar surface area (TPSA) is 116 Å². The maximum atomic E-state index is 14.3. The standard InChI is InChI=1S/C38H12F2N6O2/c39-17-2-8-27-26(11-17)44-36-24-10-16(14-42)30-20-4-6-22-32-23(35-43-25-7-1-18(40)12-28(25)46(35)38(22)48)9-15(13-41)29(34(20)32)19-3-5-21(31(24)33(19)30)37(47)45(27)36/h1-12H. The molecule has 11 rings (SSSR count). The maximum absolute atomic E-state index is 14.3. The molecule has 0 saturated heterocycles. The molecule has 0 spiro atoms. The maximum Gasteiger partial charge on any atom is 0.264 e. The highest BCUT2D eigenvalue weighted by molar-refractivity contribution is 6.42. The summed E-state index contributed by atoms with van der Waals surface area (Å²) in [5.41, 5.74) is 2.00. The Morgan fingerprint density at radius 1 is 0.500 bits per heavy atom. The SMILES string of the molecule is N#Cc1cc2c3c(ccc4c5c(C#N)cc6c7c(ccc(c1c43)c57)c(=O)n1c3cc(F)ccc3nc61)c(=O)n1c3ccc(F)cc3nc21. The molecule has 0 unspecified atom stereocenters. The molecule has 0 N–H and O–H groups in total. The predicted octanol–water partition coefficient (Wildman–Crippen LogP) is 7.26. The van der Waals surface area contributed by atoms with Crippen LogP contribution in [0, 0.1) is 34.3 Å². The third-order valence-electron chi connectivity index (χ3n) is 9.93. The van der Waals surface area contributed by atoms with Crippen LogP contribution in [0.25, 0.3) is 98.0 Å². The Morgan fingerprint density at radius 2 is 1.00 bits per heavy atom. The summed E-state index contributed by atoms with van der Waals surface area (Å²) < 4.78 is 31.4. The monoisotopic (exact) mass is 622 g/mol. The molecule has 8 nitrogen and oxygen atoms in total. The van der Waals surface area contributed by atoms with E-state index >= 15 is 0 Å². The highest BCUT2D eigenvalue weighted by atomic mass is 19.1. The first-order valence-corrected chi connectivity index (χ1v) is 14.9. The third kappa shape index (κ3) is 2.67.